The van der Waals surface area contributed by atoms with Crippen molar-refractivity contribution in [1.82, 2.24) is 19.8 Å². The lowest BCUT2D eigenvalue weighted by Gasteiger charge is -2.28. The van der Waals surface area contributed by atoms with E-state index >= 15 is 0 Å². The topological polar surface area (TPSA) is 102 Å². The van der Waals surface area contributed by atoms with Gasteiger partial charge in [-0.15, -0.1) is 11.3 Å². The van der Waals surface area contributed by atoms with E-state index in [1.165, 1.54) is 20.5 Å². The number of aromatic nitrogens is 2. The van der Waals surface area contributed by atoms with Crippen molar-refractivity contribution >= 4 is 33.4 Å². The number of fused-ring (bicyclic) bond motifs is 1. The van der Waals surface area contributed by atoms with Crippen LogP contribution in [0.15, 0.2) is 21.0 Å². The van der Waals surface area contributed by atoms with Crippen LogP contribution in [0.1, 0.15) is 52.9 Å². The maximum Gasteiger partial charge on any atom is 0.332 e. The third-order valence-electron chi connectivity index (χ3n) is 5.80. The molecule has 3 rings (SSSR count). The first kappa shape index (κ1) is 23.2. The van der Waals surface area contributed by atoms with Gasteiger partial charge in [-0.1, -0.05) is 6.92 Å². The summed E-state index contributed by atoms with van der Waals surface area (Å²) < 4.78 is 3.17. The van der Waals surface area contributed by atoms with Crippen LogP contribution in [-0.4, -0.2) is 33.5 Å². The van der Waals surface area contributed by atoms with Crippen molar-refractivity contribution in [2.24, 2.45) is 11.8 Å². The van der Waals surface area contributed by atoms with E-state index < -0.39 is 5.69 Å². The molecule has 0 atom stereocenters. The quantitative estimate of drug-likeness (QED) is 0.645. The molecule has 1 saturated carbocycles. The fraction of sp³-hybridized carbons (Fsp3) is 0.636. The summed E-state index contributed by atoms with van der Waals surface area (Å²) in [5.74, 6) is 0.0241. The molecule has 2 aromatic heterocycles. The Kier molecular flexibility index (Phi) is 7.69. The van der Waals surface area contributed by atoms with E-state index in [9.17, 15) is 19.2 Å². The number of carbonyl (C=O) groups is 2. The molecule has 170 valence electrons. The van der Waals surface area contributed by atoms with Gasteiger partial charge in [0.15, 0.2) is 0 Å². The molecule has 0 unspecified atom stereocenters. The molecule has 0 radical (unpaired) electrons. The van der Waals surface area contributed by atoms with Crippen molar-refractivity contribution in [3.05, 3.63) is 32.3 Å². The van der Waals surface area contributed by atoms with Crippen LogP contribution < -0.4 is 21.9 Å². The Bertz CT molecular complexity index is 1040. The fourth-order valence-corrected chi connectivity index (χ4v) is 5.06. The molecule has 8 nitrogen and oxygen atoms in total. The van der Waals surface area contributed by atoms with Crippen molar-refractivity contribution in [2.75, 3.05) is 6.54 Å². The Morgan fingerprint density at radius 1 is 1.16 bits per heavy atom. The SMILES string of the molecule is CCCNC(=O)C1CCC(Cn2c(=O)c3sccc3n(CC(=O)NC(C)C)c2=O)CC1. The van der Waals surface area contributed by atoms with Gasteiger partial charge < -0.3 is 10.6 Å². The van der Waals surface area contributed by atoms with Crippen LogP contribution in [0.5, 0.6) is 0 Å². The van der Waals surface area contributed by atoms with E-state index in [0.717, 1.165) is 32.1 Å². The molecule has 2 N–H and O–H groups in total. The summed E-state index contributed by atoms with van der Waals surface area (Å²) in [5, 5.41) is 7.53. The zero-order valence-corrected chi connectivity index (χ0v) is 19.3. The van der Waals surface area contributed by atoms with Gasteiger partial charge in [-0.2, -0.15) is 0 Å². The van der Waals surface area contributed by atoms with E-state index in [2.05, 4.69) is 10.6 Å². The molecule has 0 bridgehead atoms. The van der Waals surface area contributed by atoms with Gasteiger partial charge in [-0.3, -0.25) is 23.5 Å². The Morgan fingerprint density at radius 2 is 1.87 bits per heavy atom. The monoisotopic (exact) mass is 448 g/mol. The van der Waals surface area contributed by atoms with Crippen molar-refractivity contribution in [2.45, 2.75) is 72.0 Å². The van der Waals surface area contributed by atoms with Gasteiger partial charge in [0.25, 0.3) is 5.56 Å². The highest BCUT2D eigenvalue weighted by atomic mass is 32.1. The van der Waals surface area contributed by atoms with Crippen molar-refractivity contribution < 1.29 is 9.59 Å². The van der Waals surface area contributed by atoms with E-state index in [1.807, 2.05) is 20.8 Å². The fourth-order valence-electron chi connectivity index (χ4n) is 4.22. The molecule has 0 saturated heterocycles. The Balaban J connectivity index is 1.78. The molecule has 2 amide bonds. The van der Waals surface area contributed by atoms with Crippen LogP contribution >= 0.6 is 11.3 Å². The van der Waals surface area contributed by atoms with Crippen LogP contribution in [0, 0.1) is 11.8 Å². The smallest absolute Gasteiger partial charge is 0.332 e. The molecule has 2 heterocycles. The van der Waals surface area contributed by atoms with Gasteiger partial charge in [-0.25, -0.2) is 4.79 Å². The van der Waals surface area contributed by atoms with Crippen molar-refractivity contribution in [3.8, 4) is 0 Å². The molecule has 0 aromatic carbocycles. The minimum Gasteiger partial charge on any atom is -0.356 e. The van der Waals surface area contributed by atoms with Crippen LogP contribution in [0.3, 0.4) is 0 Å². The predicted octanol–water partition coefficient (Wildman–Crippen LogP) is 2.08. The van der Waals surface area contributed by atoms with Gasteiger partial charge in [0.05, 0.1) is 5.52 Å². The molecular weight excluding hydrogens is 416 g/mol. The summed E-state index contributed by atoms with van der Waals surface area (Å²) in [4.78, 5) is 50.7. The Morgan fingerprint density at radius 3 is 2.52 bits per heavy atom. The normalized spacial score (nSPS) is 19.0. The number of hydrogen-bond donors (Lipinski definition) is 2. The summed E-state index contributed by atoms with van der Waals surface area (Å²) in [6, 6.07) is 1.69. The number of carbonyl (C=O) groups excluding carboxylic acids is 2. The van der Waals surface area contributed by atoms with Gasteiger partial charge in [0, 0.05) is 25.0 Å². The number of nitrogens with zero attached hydrogens (tertiary/aromatic N) is 2. The van der Waals surface area contributed by atoms with Gasteiger partial charge in [0.1, 0.15) is 11.2 Å². The molecule has 0 aliphatic heterocycles. The minimum atomic E-state index is -0.447. The molecule has 0 spiro atoms. The van der Waals surface area contributed by atoms with Crippen molar-refractivity contribution in [3.63, 3.8) is 0 Å². The highest BCUT2D eigenvalue weighted by Crippen LogP contribution is 2.29. The minimum absolute atomic E-state index is 0.00989. The first-order valence-electron chi connectivity index (χ1n) is 11.1. The third-order valence-corrected chi connectivity index (χ3v) is 6.69. The molecule has 1 fully saturated rings. The maximum absolute atomic E-state index is 13.2. The summed E-state index contributed by atoms with van der Waals surface area (Å²) in [7, 11) is 0. The summed E-state index contributed by atoms with van der Waals surface area (Å²) in [6.45, 7) is 6.65. The average Bonchev–Trinajstić information content (AvgIpc) is 3.22. The maximum atomic E-state index is 13.2. The molecule has 1 aliphatic rings. The second kappa shape index (κ2) is 10.3. The molecule has 2 aromatic rings. The van der Waals surface area contributed by atoms with Crippen LogP contribution in [-0.2, 0) is 22.7 Å². The van der Waals surface area contributed by atoms with E-state index in [0.29, 0.717) is 23.3 Å². The lowest BCUT2D eigenvalue weighted by Crippen LogP contribution is -2.44. The predicted molar refractivity (Wildman–Crippen MR) is 122 cm³/mol. The molecule has 9 heteroatoms. The standard InChI is InChI=1S/C22H32N4O4S/c1-4-10-23-20(28)16-7-5-15(6-8-16)12-26-21(29)19-17(9-11-31-19)25(22(26)30)13-18(27)24-14(2)3/h9,11,14-16H,4-8,10,12-13H2,1-3H3,(H,23,28)(H,24,27). The second-order valence-electron chi connectivity index (χ2n) is 8.65. The highest BCUT2D eigenvalue weighted by Gasteiger charge is 2.27. The Hall–Kier alpha value is -2.42. The van der Waals surface area contributed by atoms with Crippen molar-refractivity contribution in [1.29, 1.82) is 0 Å². The molecule has 31 heavy (non-hydrogen) atoms. The molecular formula is C22H32N4O4S. The van der Waals surface area contributed by atoms with Gasteiger partial charge in [-0.05, 0) is 63.3 Å². The first-order chi connectivity index (χ1) is 14.8. The average molecular weight is 449 g/mol. The number of rotatable bonds is 8. The zero-order valence-electron chi connectivity index (χ0n) is 18.5. The van der Waals surface area contributed by atoms with E-state index in [4.69, 9.17) is 0 Å². The van der Waals surface area contributed by atoms with Gasteiger partial charge in [0.2, 0.25) is 11.8 Å². The van der Waals surface area contributed by atoms with Crippen LogP contribution in [0.4, 0.5) is 0 Å². The van der Waals surface area contributed by atoms with E-state index in [-0.39, 0.29) is 41.8 Å². The summed E-state index contributed by atoms with van der Waals surface area (Å²) in [6.07, 6.45) is 4.04. The largest absolute Gasteiger partial charge is 0.356 e. The summed E-state index contributed by atoms with van der Waals surface area (Å²) in [5.41, 5.74) is -0.234. The third kappa shape index (κ3) is 5.44. The second-order valence-corrected chi connectivity index (χ2v) is 9.57. The lowest BCUT2D eigenvalue weighted by molar-refractivity contribution is -0.126. The number of nitrogens with one attached hydrogen (secondary N) is 2. The number of thiophene rings is 1. The van der Waals surface area contributed by atoms with Crippen LogP contribution in [0.2, 0.25) is 0 Å². The van der Waals surface area contributed by atoms with E-state index in [1.54, 1.807) is 11.4 Å². The number of hydrogen-bond acceptors (Lipinski definition) is 5. The van der Waals surface area contributed by atoms with Gasteiger partial charge >= 0.3 is 5.69 Å². The first-order valence-corrected chi connectivity index (χ1v) is 12.0. The number of amides is 2. The molecule has 1 aliphatic carbocycles. The van der Waals surface area contributed by atoms with Crippen LogP contribution in [0.25, 0.3) is 10.2 Å². The summed E-state index contributed by atoms with van der Waals surface area (Å²) >= 11 is 1.29. The Labute approximate surface area is 185 Å². The zero-order chi connectivity index (χ0) is 22.5. The highest BCUT2D eigenvalue weighted by molar-refractivity contribution is 7.17. The lowest BCUT2D eigenvalue weighted by atomic mass is 9.81.